The second-order valence-electron chi connectivity index (χ2n) is 5.05. The third-order valence-electron chi connectivity index (χ3n) is 3.57. The summed E-state index contributed by atoms with van der Waals surface area (Å²) in [6.07, 6.45) is 6.89. The van der Waals surface area contributed by atoms with Crippen molar-refractivity contribution >= 4 is 17.3 Å². The minimum absolute atomic E-state index is 0.782. The molecule has 2 rings (SSSR count). The standard InChI is InChI=1S/C15H22N2S/c18-15(16-11-13-7-3-1-4-8-13)17-12-14-9-5-2-6-10-14/h1,3-4,7-8,14H,2,5-6,9-12H2,(H2,16,17,18). The highest BCUT2D eigenvalue weighted by atomic mass is 32.1. The van der Waals surface area contributed by atoms with Gasteiger partial charge in [0.05, 0.1) is 0 Å². The van der Waals surface area contributed by atoms with Gasteiger partial charge in [0.25, 0.3) is 0 Å². The van der Waals surface area contributed by atoms with Crippen LogP contribution >= 0.6 is 12.2 Å². The van der Waals surface area contributed by atoms with E-state index in [2.05, 4.69) is 34.9 Å². The first kappa shape index (κ1) is 13.3. The lowest BCUT2D eigenvalue weighted by molar-refractivity contribution is 0.356. The van der Waals surface area contributed by atoms with Crippen molar-refractivity contribution in [3.05, 3.63) is 35.9 Å². The van der Waals surface area contributed by atoms with Crippen LogP contribution in [0.5, 0.6) is 0 Å². The minimum Gasteiger partial charge on any atom is -0.362 e. The van der Waals surface area contributed by atoms with E-state index < -0.39 is 0 Å². The quantitative estimate of drug-likeness (QED) is 0.815. The summed E-state index contributed by atoms with van der Waals surface area (Å²) in [6, 6.07) is 10.3. The lowest BCUT2D eigenvalue weighted by Crippen LogP contribution is -2.38. The van der Waals surface area contributed by atoms with Crippen LogP contribution in [0.4, 0.5) is 0 Å². The van der Waals surface area contributed by atoms with Gasteiger partial charge in [0, 0.05) is 13.1 Å². The Morgan fingerprint density at radius 3 is 2.50 bits per heavy atom. The first-order valence-electron chi connectivity index (χ1n) is 6.90. The fourth-order valence-electron chi connectivity index (χ4n) is 2.47. The van der Waals surface area contributed by atoms with Crippen molar-refractivity contribution in [2.24, 2.45) is 5.92 Å². The molecule has 0 amide bonds. The summed E-state index contributed by atoms with van der Waals surface area (Å²) < 4.78 is 0. The number of nitrogens with one attached hydrogen (secondary N) is 2. The molecule has 0 saturated heterocycles. The highest BCUT2D eigenvalue weighted by molar-refractivity contribution is 7.80. The summed E-state index contributed by atoms with van der Waals surface area (Å²) in [5.74, 6) is 0.815. The van der Waals surface area contributed by atoms with Crippen molar-refractivity contribution in [2.45, 2.75) is 38.6 Å². The molecule has 0 unspecified atom stereocenters. The summed E-state index contributed by atoms with van der Waals surface area (Å²) >= 11 is 5.30. The number of thiocarbonyl (C=S) groups is 1. The van der Waals surface area contributed by atoms with E-state index in [1.54, 1.807) is 0 Å². The smallest absolute Gasteiger partial charge is 0.166 e. The van der Waals surface area contributed by atoms with Crippen LogP contribution < -0.4 is 10.6 Å². The van der Waals surface area contributed by atoms with E-state index in [0.29, 0.717) is 0 Å². The second-order valence-corrected chi connectivity index (χ2v) is 5.46. The molecule has 2 N–H and O–H groups in total. The van der Waals surface area contributed by atoms with E-state index in [9.17, 15) is 0 Å². The number of hydrogen-bond donors (Lipinski definition) is 2. The van der Waals surface area contributed by atoms with Gasteiger partial charge < -0.3 is 10.6 Å². The second kappa shape index (κ2) is 7.37. The van der Waals surface area contributed by atoms with E-state index in [-0.39, 0.29) is 0 Å². The van der Waals surface area contributed by atoms with Crippen LogP contribution in [0.25, 0.3) is 0 Å². The van der Waals surface area contributed by atoms with E-state index in [1.807, 2.05) is 6.07 Å². The van der Waals surface area contributed by atoms with Crippen molar-refractivity contribution in [3.8, 4) is 0 Å². The average molecular weight is 262 g/mol. The number of benzene rings is 1. The Bertz CT molecular complexity index is 358. The van der Waals surface area contributed by atoms with Crippen molar-refractivity contribution in [2.75, 3.05) is 6.54 Å². The van der Waals surface area contributed by atoms with Crippen LogP contribution in [0, 0.1) is 5.92 Å². The van der Waals surface area contributed by atoms with Crippen LogP contribution in [0.3, 0.4) is 0 Å². The minimum atomic E-state index is 0.782. The molecule has 1 aliphatic carbocycles. The molecule has 1 saturated carbocycles. The van der Waals surface area contributed by atoms with Gasteiger partial charge in [-0.1, -0.05) is 49.6 Å². The molecule has 18 heavy (non-hydrogen) atoms. The Hall–Kier alpha value is -1.09. The highest BCUT2D eigenvalue weighted by Gasteiger charge is 2.13. The van der Waals surface area contributed by atoms with Gasteiger partial charge in [-0.2, -0.15) is 0 Å². The van der Waals surface area contributed by atoms with E-state index in [1.165, 1.54) is 37.7 Å². The van der Waals surface area contributed by atoms with Crippen molar-refractivity contribution in [3.63, 3.8) is 0 Å². The van der Waals surface area contributed by atoms with E-state index in [0.717, 1.165) is 24.1 Å². The molecule has 1 aromatic rings. The molecular weight excluding hydrogens is 240 g/mol. The third-order valence-corrected chi connectivity index (χ3v) is 3.86. The van der Waals surface area contributed by atoms with E-state index in [4.69, 9.17) is 12.2 Å². The van der Waals surface area contributed by atoms with Crippen LogP contribution in [0.15, 0.2) is 30.3 Å². The van der Waals surface area contributed by atoms with Crippen LogP contribution in [0.1, 0.15) is 37.7 Å². The van der Waals surface area contributed by atoms with Gasteiger partial charge in [-0.15, -0.1) is 0 Å². The van der Waals surface area contributed by atoms with Crippen LogP contribution in [-0.4, -0.2) is 11.7 Å². The highest BCUT2D eigenvalue weighted by Crippen LogP contribution is 2.22. The van der Waals surface area contributed by atoms with Crippen LogP contribution in [-0.2, 0) is 6.54 Å². The molecule has 0 spiro atoms. The Labute approximate surface area is 115 Å². The molecule has 0 radical (unpaired) electrons. The molecule has 3 heteroatoms. The Morgan fingerprint density at radius 2 is 1.78 bits per heavy atom. The molecular formula is C15H22N2S. The summed E-state index contributed by atoms with van der Waals surface area (Å²) in [6.45, 7) is 1.83. The zero-order valence-corrected chi connectivity index (χ0v) is 11.6. The number of hydrogen-bond acceptors (Lipinski definition) is 1. The molecule has 0 aliphatic heterocycles. The largest absolute Gasteiger partial charge is 0.362 e. The normalized spacial score (nSPS) is 16.2. The molecule has 98 valence electrons. The van der Waals surface area contributed by atoms with Gasteiger partial charge in [-0.3, -0.25) is 0 Å². The molecule has 0 heterocycles. The van der Waals surface area contributed by atoms with Gasteiger partial charge in [-0.05, 0) is 36.5 Å². The fourth-order valence-corrected chi connectivity index (χ4v) is 2.62. The molecule has 2 nitrogen and oxygen atoms in total. The monoisotopic (exact) mass is 262 g/mol. The molecule has 1 aliphatic rings. The fraction of sp³-hybridized carbons (Fsp3) is 0.533. The molecule has 0 aromatic heterocycles. The predicted molar refractivity (Wildman–Crippen MR) is 80.5 cm³/mol. The van der Waals surface area contributed by atoms with Gasteiger partial charge in [-0.25, -0.2) is 0 Å². The van der Waals surface area contributed by atoms with E-state index >= 15 is 0 Å². The van der Waals surface area contributed by atoms with Crippen molar-refractivity contribution in [1.29, 1.82) is 0 Å². The van der Waals surface area contributed by atoms with Gasteiger partial charge in [0.1, 0.15) is 0 Å². The maximum absolute atomic E-state index is 5.30. The van der Waals surface area contributed by atoms with Gasteiger partial charge >= 0.3 is 0 Å². The molecule has 0 bridgehead atoms. The molecule has 1 aromatic carbocycles. The maximum Gasteiger partial charge on any atom is 0.166 e. The summed E-state index contributed by atoms with van der Waals surface area (Å²) in [7, 11) is 0. The van der Waals surface area contributed by atoms with Crippen LogP contribution in [0.2, 0.25) is 0 Å². The van der Waals surface area contributed by atoms with Gasteiger partial charge in [0.15, 0.2) is 5.11 Å². The van der Waals surface area contributed by atoms with Crippen molar-refractivity contribution < 1.29 is 0 Å². The SMILES string of the molecule is S=C(NCc1ccccc1)NCC1CCCCC1. The molecule has 1 fully saturated rings. The maximum atomic E-state index is 5.30. The summed E-state index contributed by atoms with van der Waals surface area (Å²) in [4.78, 5) is 0. The lowest BCUT2D eigenvalue weighted by atomic mass is 9.89. The van der Waals surface area contributed by atoms with Gasteiger partial charge in [0.2, 0.25) is 0 Å². The predicted octanol–water partition coefficient (Wildman–Crippen LogP) is 3.23. The Morgan fingerprint density at radius 1 is 1.06 bits per heavy atom. The third kappa shape index (κ3) is 4.65. The van der Waals surface area contributed by atoms with Crippen molar-refractivity contribution in [1.82, 2.24) is 10.6 Å². The Balaban J connectivity index is 1.63. The topological polar surface area (TPSA) is 24.1 Å². The molecule has 0 atom stereocenters. The zero-order valence-electron chi connectivity index (χ0n) is 10.8. The first-order valence-corrected chi connectivity index (χ1v) is 7.31. The Kier molecular flexibility index (Phi) is 5.46. The number of rotatable bonds is 4. The lowest BCUT2D eigenvalue weighted by Gasteiger charge is -2.22. The first-order chi connectivity index (χ1) is 8.84. The summed E-state index contributed by atoms with van der Waals surface area (Å²) in [5.41, 5.74) is 1.26. The average Bonchev–Trinajstić information content (AvgIpc) is 2.45. The summed E-state index contributed by atoms with van der Waals surface area (Å²) in [5, 5.41) is 7.38. The zero-order chi connectivity index (χ0) is 12.6.